The number of hydrazine groups is 1. The molecular formula is C14H18N4O. The molecule has 2 aromatic rings. The molecule has 0 spiro atoms. The van der Waals surface area contributed by atoms with Crippen LogP contribution in [-0.2, 0) is 0 Å². The van der Waals surface area contributed by atoms with Gasteiger partial charge in [-0.2, -0.15) is 0 Å². The minimum Gasteiger partial charge on any atom is -0.493 e. The number of hydrogen-bond acceptors (Lipinski definition) is 5. The van der Waals surface area contributed by atoms with Crippen LogP contribution in [0.15, 0.2) is 43.0 Å². The number of nitrogens with one attached hydrogen (secondary N) is 1. The molecule has 19 heavy (non-hydrogen) atoms. The number of aromatic nitrogens is 2. The Kier molecular flexibility index (Phi) is 4.83. The second kappa shape index (κ2) is 6.82. The Hall–Kier alpha value is -1.98. The first-order valence-electron chi connectivity index (χ1n) is 6.29. The highest BCUT2D eigenvalue weighted by Crippen LogP contribution is 2.28. The minimum absolute atomic E-state index is 0.186. The molecule has 0 aliphatic heterocycles. The zero-order chi connectivity index (χ0) is 13.5. The standard InChI is InChI=1S/C14H18N4O/c1-2-7-19-13-6-4-3-5-12(13)14(18-15)11-8-16-10-17-9-11/h3-6,8-10,14,18H,2,7,15H2,1H3. The average Bonchev–Trinajstić information content (AvgIpc) is 2.48. The predicted molar refractivity (Wildman–Crippen MR) is 73.4 cm³/mol. The van der Waals surface area contributed by atoms with E-state index in [-0.39, 0.29) is 6.04 Å². The number of rotatable bonds is 6. The van der Waals surface area contributed by atoms with Gasteiger partial charge < -0.3 is 4.74 Å². The van der Waals surface area contributed by atoms with Crippen molar-refractivity contribution in [2.75, 3.05) is 6.61 Å². The molecule has 0 radical (unpaired) electrons. The SMILES string of the molecule is CCCOc1ccccc1C(NN)c1cncnc1. The third kappa shape index (κ3) is 3.27. The van der Waals surface area contributed by atoms with Crippen molar-refractivity contribution in [3.8, 4) is 5.75 Å². The Morgan fingerprint density at radius 2 is 2.00 bits per heavy atom. The van der Waals surface area contributed by atoms with E-state index in [9.17, 15) is 0 Å². The van der Waals surface area contributed by atoms with E-state index in [0.717, 1.165) is 23.3 Å². The van der Waals surface area contributed by atoms with Crippen LogP contribution in [-0.4, -0.2) is 16.6 Å². The molecule has 1 atom stereocenters. The zero-order valence-corrected chi connectivity index (χ0v) is 10.9. The maximum Gasteiger partial charge on any atom is 0.124 e. The van der Waals surface area contributed by atoms with Crippen LogP contribution in [0.2, 0.25) is 0 Å². The quantitative estimate of drug-likeness (QED) is 0.610. The number of ether oxygens (including phenoxy) is 1. The Morgan fingerprint density at radius 1 is 1.26 bits per heavy atom. The fourth-order valence-electron chi connectivity index (χ4n) is 1.89. The van der Waals surface area contributed by atoms with Gasteiger partial charge in [-0.3, -0.25) is 5.84 Å². The molecule has 1 heterocycles. The Morgan fingerprint density at radius 3 is 2.68 bits per heavy atom. The molecule has 1 aromatic carbocycles. The Labute approximate surface area is 112 Å². The first kappa shape index (κ1) is 13.5. The van der Waals surface area contributed by atoms with E-state index in [0.29, 0.717) is 6.61 Å². The molecule has 100 valence electrons. The van der Waals surface area contributed by atoms with E-state index in [1.807, 2.05) is 24.3 Å². The summed E-state index contributed by atoms with van der Waals surface area (Å²) in [5.74, 6) is 6.50. The molecule has 0 amide bonds. The summed E-state index contributed by atoms with van der Waals surface area (Å²) in [6, 6.07) is 7.65. The first-order valence-corrected chi connectivity index (χ1v) is 6.29. The highest BCUT2D eigenvalue weighted by molar-refractivity contribution is 5.40. The second-order valence-electron chi connectivity index (χ2n) is 4.16. The summed E-state index contributed by atoms with van der Waals surface area (Å²) in [5.41, 5.74) is 4.67. The highest BCUT2D eigenvalue weighted by Gasteiger charge is 2.17. The van der Waals surface area contributed by atoms with Crippen LogP contribution in [0.3, 0.4) is 0 Å². The molecule has 5 heteroatoms. The van der Waals surface area contributed by atoms with Gasteiger partial charge in [-0.25, -0.2) is 15.4 Å². The number of hydrogen-bond donors (Lipinski definition) is 2. The lowest BCUT2D eigenvalue weighted by atomic mass is 10.0. The summed E-state index contributed by atoms with van der Waals surface area (Å²) < 4.78 is 5.75. The van der Waals surface area contributed by atoms with Gasteiger partial charge in [-0.05, 0) is 12.5 Å². The topological polar surface area (TPSA) is 73.1 Å². The summed E-state index contributed by atoms with van der Waals surface area (Å²) in [6.07, 6.45) is 5.95. The van der Waals surface area contributed by atoms with Crippen LogP contribution in [0.25, 0.3) is 0 Å². The summed E-state index contributed by atoms with van der Waals surface area (Å²) in [7, 11) is 0. The van der Waals surface area contributed by atoms with Crippen LogP contribution >= 0.6 is 0 Å². The second-order valence-corrected chi connectivity index (χ2v) is 4.16. The lowest BCUT2D eigenvalue weighted by Gasteiger charge is -2.19. The van der Waals surface area contributed by atoms with Crippen LogP contribution in [0.4, 0.5) is 0 Å². The summed E-state index contributed by atoms with van der Waals surface area (Å²) in [6.45, 7) is 2.76. The molecular weight excluding hydrogens is 240 g/mol. The number of benzene rings is 1. The van der Waals surface area contributed by atoms with Crippen molar-refractivity contribution in [1.82, 2.24) is 15.4 Å². The molecule has 0 aliphatic carbocycles. The molecule has 0 saturated carbocycles. The van der Waals surface area contributed by atoms with Crippen molar-refractivity contribution in [2.24, 2.45) is 5.84 Å². The summed E-state index contributed by atoms with van der Waals surface area (Å²) in [5, 5.41) is 0. The van der Waals surface area contributed by atoms with Gasteiger partial charge in [0, 0.05) is 23.5 Å². The monoisotopic (exact) mass is 258 g/mol. The molecule has 0 bridgehead atoms. The largest absolute Gasteiger partial charge is 0.493 e. The van der Waals surface area contributed by atoms with Gasteiger partial charge in [0.15, 0.2) is 0 Å². The molecule has 5 nitrogen and oxygen atoms in total. The van der Waals surface area contributed by atoms with E-state index in [1.54, 1.807) is 12.4 Å². The van der Waals surface area contributed by atoms with Gasteiger partial charge >= 0.3 is 0 Å². The summed E-state index contributed by atoms with van der Waals surface area (Å²) >= 11 is 0. The first-order chi connectivity index (χ1) is 9.36. The van der Waals surface area contributed by atoms with Crippen LogP contribution < -0.4 is 16.0 Å². The molecule has 1 aromatic heterocycles. The van der Waals surface area contributed by atoms with E-state index < -0.39 is 0 Å². The normalized spacial score (nSPS) is 12.1. The Bertz CT molecular complexity index is 504. The van der Waals surface area contributed by atoms with Crippen LogP contribution in [0.5, 0.6) is 5.75 Å². The maximum absolute atomic E-state index is 5.75. The van der Waals surface area contributed by atoms with Crippen molar-refractivity contribution in [3.63, 3.8) is 0 Å². The number of nitrogens with zero attached hydrogens (tertiary/aromatic N) is 2. The third-order valence-corrected chi connectivity index (χ3v) is 2.77. The van der Waals surface area contributed by atoms with E-state index in [2.05, 4.69) is 22.3 Å². The smallest absolute Gasteiger partial charge is 0.124 e. The molecule has 0 fully saturated rings. The van der Waals surface area contributed by atoms with E-state index in [1.165, 1.54) is 6.33 Å². The summed E-state index contributed by atoms with van der Waals surface area (Å²) in [4.78, 5) is 8.05. The maximum atomic E-state index is 5.75. The fraction of sp³-hybridized carbons (Fsp3) is 0.286. The van der Waals surface area contributed by atoms with Gasteiger partial charge in [-0.1, -0.05) is 25.1 Å². The predicted octanol–water partition coefficient (Wildman–Crippen LogP) is 1.82. The van der Waals surface area contributed by atoms with Gasteiger partial charge in [-0.15, -0.1) is 0 Å². The van der Waals surface area contributed by atoms with Crippen LogP contribution in [0, 0.1) is 0 Å². The van der Waals surface area contributed by atoms with Crippen molar-refractivity contribution < 1.29 is 4.74 Å². The average molecular weight is 258 g/mol. The molecule has 2 rings (SSSR count). The van der Waals surface area contributed by atoms with Crippen molar-refractivity contribution in [1.29, 1.82) is 0 Å². The fourth-order valence-corrected chi connectivity index (χ4v) is 1.89. The van der Waals surface area contributed by atoms with Gasteiger partial charge in [0.2, 0.25) is 0 Å². The van der Waals surface area contributed by atoms with Gasteiger partial charge in [0.1, 0.15) is 12.1 Å². The highest BCUT2D eigenvalue weighted by atomic mass is 16.5. The molecule has 0 saturated heterocycles. The van der Waals surface area contributed by atoms with Crippen LogP contribution in [0.1, 0.15) is 30.5 Å². The molecule has 0 aliphatic rings. The molecule has 3 N–H and O–H groups in total. The minimum atomic E-state index is -0.186. The van der Waals surface area contributed by atoms with E-state index >= 15 is 0 Å². The van der Waals surface area contributed by atoms with Gasteiger partial charge in [0.25, 0.3) is 0 Å². The van der Waals surface area contributed by atoms with Crippen molar-refractivity contribution in [3.05, 3.63) is 54.1 Å². The zero-order valence-electron chi connectivity index (χ0n) is 10.9. The Balaban J connectivity index is 2.33. The lowest BCUT2D eigenvalue weighted by Crippen LogP contribution is -2.29. The number of nitrogens with two attached hydrogens (primary N) is 1. The third-order valence-electron chi connectivity index (χ3n) is 2.77. The number of para-hydroxylation sites is 1. The lowest BCUT2D eigenvalue weighted by molar-refractivity contribution is 0.311. The van der Waals surface area contributed by atoms with Crippen molar-refractivity contribution in [2.45, 2.75) is 19.4 Å². The van der Waals surface area contributed by atoms with E-state index in [4.69, 9.17) is 10.6 Å². The van der Waals surface area contributed by atoms with Gasteiger partial charge in [0.05, 0.1) is 12.6 Å². The molecule has 1 unspecified atom stereocenters. The van der Waals surface area contributed by atoms with Crippen molar-refractivity contribution >= 4 is 0 Å².